The van der Waals surface area contributed by atoms with Crippen LogP contribution in [0.4, 0.5) is 4.39 Å². The summed E-state index contributed by atoms with van der Waals surface area (Å²) in [6, 6.07) is 11.6. The van der Waals surface area contributed by atoms with Crippen LogP contribution in [0.1, 0.15) is 36.1 Å². The molecule has 0 unspecified atom stereocenters. The molecule has 4 nitrogen and oxygen atoms in total. The van der Waals surface area contributed by atoms with Crippen molar-refractivity contribution in [3.8, 4) is 0 Å². The normalized spacial score (nSPS) is 11.7. The van der Waals surface area contributed by atoms with Crippen LogP contribution in [0.2, 0.25) is 0 Å². The number of rotatable bonds is 7. The number of benzene rings is 2. The molecular weight excluding hydrogens is 343 g/mol. The van der Waals surface area contributed by atoms with E-state index in [9.17, 15) is 14.0 Å². The lowest BCUT2D eigenvalue weighted by atomic mass is 10.0. The van der Waals surface area contributed by atoms with Crippen LogP contribution in [-0.4, -0.2) is 29.3 Å². The maximum absolute atomic E-state index is 14.1. The number of hydrogen-bond acceptors (Lipinski definition) is 2. The molecule has 27 heavy (non-hydrogen) atoms. The van der Waals surface area contributed by atoms with E-state index in [1.54, 1.807) is 25.1 Å². The molecule has 0 aromatic heterocycles. The molecule has 0 aliphatic heterocycles. The van der Waals surface area contributed by atoms with Crippen LogP contribution in [0.5, 0.6) is 0 Å². The summed E-state index contributed by atoms with van der Waals surface area (Å²) in [5.74, 6) is -0.834. The van der Waals surface area contributed by atoms with E-state index in [1.807, 2.05) is 39.0 Å². The number of halogens is 1. The second-order valence-electron chi connectivity index (χ2n) is 6.79. The second kappa shape index (κ2) is 9.31. The van der Waals surface area contributed by atoms with Crippen molar-refractivity contribution in [1.29, 1.82) is 0 Å². The molecule has 0 aliphatic rings. The van der Waals surface area contributed by atoms with E-state index in [-0.39, 0.29) is 30.6 Å². The molecule has 144 valence electrons. The van der Waals surface area contributed by atoms with Crippen molar-refractivity contribution < 1.29 is 14.0 Å². The van der Waals surface area contributed by atoms with Gasteiger partial charge < -0.3 is 10.2 Å². The number of hydrogen-bond donors (Lipinski definition) is 1. The zero-order valence-electron chi connectivity index (χ0n) is 16.4. The number of carbonyl (C=O) groups is 2. The van der Waals surface area contributed by atoms with Crippen molar-refractivity contribution in [3.05, 3.63) is 70.5 Å². The number of nitrogens with zero attached hydrogens (tertiary/aromatic N) is 1. The highest BCUT2D eigenvalue weighted by molar-refractivity contribution is 5.88. The van der Waals surface area contributed by atoms with Gasteiger partial charge in [0, 0.05) is 18.7 Å². The first-order chi connectivity index (χ1) is 12.8. The highest BCUT2D eigenvalue weighted by atomic mass is 19.1. The Morgan fingerprint density at radius 1 is 1.11 bits per heavy atom. The molecule has 0 heterocycles. The van der Waals surface area contributed by atoms with Gasteiger partial charge in [-0.1, -0.05) is 42.0 Å². The highest BCUT2D eigenvalue weighted by Gasteiger charge is 2.26. The predicted octanol–water partition coefficient (Wildman–Crippen LogP) is 3.54. The van der Waals surface area contributed by atoms with Gasteiger partial charge in [-0.05, 0) is 44.9 Å². The average Bonchev–Trinajstić information content (AvgIpc) is 2.63. The molecule has 1 atom stereocenters. The summed E-state index contributed by atoms with van der Waals surface area (Å²) in [7, 11) is 0. The minimum Gasteiger partial charge on any atom is -0.355 e. The van der Waals surface area contributed by atoms with Gasteiger partial charge in [-0.3, -0.25) is 9.59 Å². The van der Waals surface area contributed by atoms with Crippen molar-refractivity contribution in [2.75, 3.05) is 6.54 Å². The number of likely N-dealkylation sites (N-methyl/N-ethyl adjacent to an activating group) is 1. The van der Waals surface area contributed by atoms with Crippen LogP contribution < -0.4 is 5.32 Å². The number of nitrogens with one attached hydrogen (secondary N) is 1. The van der Waals surface area contributed by atoms with Crippen molar-refractivity contribution in [2.45, 2.75) is 46.7 Å². The van der Waals surface area contributed by atoms with E-state index >= 15 is 0 Å². The van der Waals surface area contributed by atoms with Gasteiger partial charge in [-0.25, -0.2) is 4.39 Å². The van der Waals surface area contributed by atoms with Gasteiger partial charge in [0.2, 0.25) is 11.8 Å². The van der Waals surface area contributed by atoms with Gasteiger partial charge in [0.05, 0.1) is 6.42 Å². The molecule has 0 radical (unpaired) electrons. The van der Waals surface area contributed by atoms with Crippen molar-refractivity contribution in [3.63, 3.8) is 0 Å². The first-order valence-corrected chi connectivity index (χ1v) is 9.20. The smallest absolute Gasteiger partial charge is 0.242 e. The van der Waals surface area contributed by atoms with E-state index < -0.39 is 6.04 Å². The lowest BCUT2D eigenvalue weighted by Gasteiger charge is -2.29. The molecule has 0 saturated heterocycles. The fourth-order valence-electron chi connectivity index (χ4n) is 2.97. The van der Waals surface area contributed by atoms with E-state index in [2.05, 4.69) is 5.32 Å². The van der Waals surface area contributed by atoms with Gasteiger partial charge in [0.15, 0.2) is 0 Å². The lowest BCUT2D eigenvalue weighted by Crippen LogP contribution is -2.48. The topological polar surface area (TPSA) is 49.4 Å². The van der Waals surface area contributed by atoms with Crippen LogP contribution in [0.15, 0.2) is 42.5 Å². The summed E-state index contributed by atoms with van der Waals surface area (Å²) in [5, 5.41) is 2.74. The Morgan fingerprint density at radius 3 is 2.48 bits per heavy atom. The predicted molar refractivity (Wildman–Crippen MR) is 105 cm³/mol. The van der Waals surface area contributed by atoms with Crippen molar-refractivity contribution in [1.82, 2.24) is 10.2 Å². The van der Waals surface area contributed by atoms with Gasteiger partial charge in [0.25, 0.3) is 0 Å². The molecule has 5 heteroatoms. The Labute approximate surface area is 160 Å². The Bertz CT molecular complexity index is 820. The van der Waals surface area contributed by atoms with E-state index in [0.29, 0.717) is 12.1 Å². The Hall–Kier alpha value is -2.69. The van der Waals surface area contributed by atoms with Crippen molar-refractivity contribution >= 4 is 11.8 Å². The fourth-order valence-corrected chi connectivity index (χ4v) is 2.97. The molecule has 0 bridgehead atoms. The molecule has 0 saturated carbocycles. The third-order valence-corrected chi connectivity index (χ3v) is 4.66. The zero-order valence-corrected chi connectivity index (χ0v) is 16.4. The Balaban J connectivity index is 2.30. The minimum atomic E-state index is -0.692. The first kappa shape index (κ1) is 20.6. The number of carbonyl (C=O) groups excluding carboxylic acids is 2. The SMILES string of the molecule is CCNC(=O)[C@@H](C)N(Cc1ccccc1F)C(=O)Cc1cc(C)ccc1C. The molecule has 2 aromatic carbocycles. The molecule has 0 fully saturated rings. The van der Waals surface area contributed by atoms with Crippen molar-refractivity contribution in [2.24, 2.45) is 0 Å². The van der Waals surface area contributed by atoms with E-state index in [1.165, 1.54) is 11.0 Å². The molecule has 0 spiro atoms. The number of aryl methyl sites for hydroxylation is 2. The van der Waals surface area contributed by atoms with Crippen LogP contribution in [0.25, 0.3) is 0 Å². The summed E-state index contributed by atoms with van der Waals surface area (Å²) < 4.78 is 14.1. The molecular formula is C22H27FN2O2. The quantitative estimate of drug-likeness (QED) is 0.810. The average molecular weight is 370 g/mol. The Kier molecular flexibility index (Phi) is 7.11. The lowest BCUT2D eigenvalue weighted by molar-refractivity contribution is -0.140. The molecule has 2 aromatic rings. The van der Waals surface area contributed by atoms with Crippen LogP contribution in [0.3, 0.4) is 0 Å². The third kappa shape index (κ3) is 5.39. The van der Waals surface area contributed by atoms with Crippen LogP contribution in [0, 0.1) is 19.7 Å². The standard InChI is InChI=1S/C22H27FN2O2/c1-5-24-22(27)17(4)25(14-18-8-6-7-9-20(18)23)21(26)13-19-12-15(2)10-11-16(19)3/h6-12,17H,5,13-14H2,1-4H3,(H,24,27)/t17-/m1/s1. The monoisotopic (exact) mass is 370 g/mol. The highest BCUT2D eigenvalue weighted by Crippen LogP contribution is 2.17. The van der Waals surface area contributed by atoms with E-state index in [4.69, 9.17) is 0 Å². The maximum atomic E-state index is 14.1. The van der Waals surface area contributed by atoms with Gasteiger partial charge in [0.1, 0.15) is 11.9 Å². The minimum absolute atomic E-state index is 0.0503. The van der Waals surface area contributed by atoms with E-state index in [0.717, 1.165) is 16.7 Å². The van der Waals surface area contributed by atoms with Gasteiger partial charge in [-0.2, -0.15) is 0 Å². The number of amides is 2. The summed E-state index contributed by atoms with van der Waals surface area (Å²) in [5.41, 5.74) is 3.40. The maximum Gasteiger partial charge on any atom is 0.242 e. The van der Waals surface area contributed by atoms with Crippen LogP contribution >= 0.6 is 0 Å². The zero-order chi connectivity index (χ0) is 20.0. The Morgan fingerprint density at radius 2 is 1.81 bits per heavy atom. The summed E-state index contributed by atoms with van der Waals surface area (Å²) in [4.78, 5) is 26.9. The largest absolute Gasteiger partial charge is 0.355 e. The summed E-state index contributed by atoms with van der Waals surface area (Å²) in [6.07, 6.45) is 0.172. The van der Waals surface area contributed by atoms with Crippen LogP contribution in [-0.2, 0) is 22.6 Å². The van der Waals surface area contributed by atoms with Gasteiger partial charge >= 0.3 is 0 Å². The summed E-state index contributed by atoms with van der Waals surface area (Å²) in [6.45, 7) is 7.95. The third-order valence-electron chi connectivity index (χ3n) is 4.66. The molecule has 0 aliphatic carbocycles. The molecule has 2 rings (SSSR count). The second-order valence-corrected chi connectivity index (χ2v) is 6.79. The first-order valence-electron chi connectivity index (χ1n) is 9.20. The molecule has 2 amide bonds. The molecule has 1 N–H and O–H groups in total. The van der Waals surface area contributed by atoms with Gasteiger partial charge in [-0.15, -0.1) is 0 Å². The fraction of sp³-hybridized carbons (Fsp3) is 0.364. The summed E-state index contributed by atoms with van der Waals surface area (Å²) >= 11 is 0.